The highest BCUT2D eigenvalue weighted by Crippen LogP contribution is 2.22. The largest absolute Gasteiger partial charge is 0.303 e. The second-order valence-electron chi connectivity index (χ2n) is 7.06. The van der Waals surface area contributed by atoms with Crippen molar-refractivity contribution in [1.29, 1.82) is 0 Å². The number of aromatic nitrogens is 1. The molecule has 3 aromatic rings. The molecule has 0 aliphatic carbocycles. The Morgan fingerprint density at radius 1 is 1.00 bits per heavy atom. The monoisotopic (exact) mass is 418 g/mol. The van der Waals surface area contributed by atoms with Crippen molar-refractivity contribution in [1.82, 2.24) is 9.88 Å². The summed E-state index contributed by atoms with van der Waals surface area (Å²) >= 11 is 0. The van der Waals surface area contributed by atoms with Crippen LogP contribution in [0.25, 0.3) is 10.9 Å². The average Bonchev–Trinajstić information content (AvgIpc) is 2.73. The van der Waals surface area contributed by atoms with Crippen molar-refractivity contribution < 1.29 is 8.60 Å². The van der Waals surface area contributed by atoms with E-state index in [4.69, 9.17) is 0 Å². The molecule has 0 radical (unpaired) electrons. The van der Waals surface area contributed by atoms with Crippen LogP contribution < -0.4 is 0 Å². The smallest absolute Gasteiger partial charge is 0.128 e. The molecule has 2 heterocycles. The van der Waals surface area contributed by atoms with Crippen molar-refractivity contribution >= 4 is 34.1 Å². The fourth-order valence-corrected chi connectivity index (χ4v) is 4.99. The summed E-state index contributed by atoms with van der Waals surface area (Å²) in [6.07, 6.45) is 2.76. The van der Waals surface area contributed by atoms with E-state index in [1.54, 1.807) is 0 Å². The number of hydrogen-bond donors (Lipinski definition) is 0. The summed E-state index contributed by atoms with van der Waals surface area (Å²) in [5.41, 5.74) is 2.06. The molecule has 1 atom stereocenters. The number of likely N-dealkylation sites (tertiary alicyclic amines) is 1. The van der Waals surface area contributed by atoms with Crippen LogP contribution in [0.2, 0.25) is 0 Å². The molecule has 1 aliphatic rings. The van der Waals surface area contributed by atoms with Crippen LogP contribution in [0, 0.1) is 5.82 Å². The number of nitrogens with zero attached hydrogens (tertiary/aromatic N) is 2. The summed E-state index contributed by atoms with van der Waals surface area (Å²) in [5, 5.41) is 1.94. The van der Waals surface area contributed by atoms with Crippen LogP contribution in [-0.2, 0) is 17.2 Å². The van der Waals surface area contributed by atoms with Gasteiger partial charge in [-0.1, -0.05) is 36.4 Å². The van der Waals surface area contributed by atoms with E-state index >= 15 is 0 Å². The van der Waals surface area contributed by atoms with E-state index in [1.807, 2.05) is 48.5 Å². The molecule has 4 rings (SSSR count). The molecule has 0 N–H and O–H groups in total. The van der Waals surface area contributed by atoms with Crippen molar-refractivity contribution in [3.05, 3.63) is 72.0 Å². The molecule has 3 nitrogen and oxygen atoms in total. The Labute approximate surface area is 173 Å². The highest BCUT2D eigenvalue weighted by Gasteiger charge is 2.25. The summed E-state index contributed by atoms with van der Waals surface area (Å²) in [7, 11) is -1.06. The number of pyridine rings is 1. The number of rotatable bonds is 5. The highest BCUT2D eigenvalue weighted by molar-refractivity contribution is 7.85. The first-order chi connectivity index (χ1) is 13.2. The quantitative estimate of drug-likeness (QED) is 0.606. The van der Waals surface area contributed by atoms with Crippen LogP contribution >= 0.6 is 12.4 Å². The number of hydrogen-bond acceptors (Lipinski definition) is 3. The highest BCUT2D eigenvalue weighted by atomic mass is 35.5. The summed E-state index contributed by atoms with van der Waals surface area (Å²) in [4.78, 5) is 7.02. The van der Waals surface area contributed by atoms with Gasteiger partial charge in [-0.05, 0) is 62.2 Å². The Hall–Kier alpha value is -1.82. The first kappa shape index (κ1) is 20.9. The van der Waals surface area contributed by atoms with Crippen LogP contribution in [-0.4, -0.2) is 39.0 Å². The third-order valence-corrected chi connectivity index (χ3v) is 6.96. The number of piperidine rings is 1. The molecule has 0 saturated carbocycles. The molecular weight excluding hydrogens is 395 g/mol. The van der Waals surface area contributed by atoms with Gasteiger partial charge in [0.1, 0.15) is 10.8 Å². The number of benzene rings is 2. The van der Waals surface area contributed by atoms with E-state index in [0.717, 1.165) is 55.4 Å². The molecule has 1 aliphatic heterocycles. The molecule has 6 heteroatoms. The molecule has 1 saturated heterocycles. The van der Waals surface area contributed by atoms with Gasteiger partial charge in [0.05, 0.1) is 16.3 Å². The van der Waals surface area contributed by atoms with Gasteiger partial charge in [-0.2, -0.15) is 0 Å². The molecule has 1 aromatic heterocycles. The lowest BCUT2D eigenvalue weighted by molar-refractivity contribution is 0.234. The summed E-state index contributed by atoms with van der Waals surface area (Å²) in [6.45, 7) is 2.86. The molecule has 0 amide bonds. The van der Waals surface area contributed by atoms with Gasteiger partial charge in [0.15, 0.2) is 0 Å². The maximum absolute atomic E-state index is 13.0. The predicted octanol–water partition coefficient (Wildman–Crippen LogP) is 4.61. The molecule has 148 valence electrons. The second-order valence-corrected chi connectivity index (χ2v) is 8.74. The van der Waals surface area contributed by atoms with Crippen molar-refractivity contribution in [3.63, 3.8) is 0 Å². The molecule has 0 bridgehead atoms. The summed E-state index contributed by atoms with van der Waals surface area (Å²) in [5.74, 6) is -0.190. The van der Waals surface area contributed by atoms with Gasteiger partial charge in [-0.25, -0.2) is 9.37 Å². The van der Waals surface area contributed by atoms with Gasteiger partial charge < -0.3 is 4.90 Å². The molecule has 0 spiro atoms. The zero-order chi connectivity index (χ0) is 18.6. The van der Waals surface area contributed by atoms with E-state index in [0.29, 0.717) is 5.03 Å². The zero-order valence-corrected chi connectivity index (χ0v) is 17.2. The van der Waals surface area contributed by atoms with E-state index in [-0.39, 0.29) is 23.5 Å². The topological polar surface area (TPSA) is 33.2 Å². The van der Waals surface area contributed by atoms with Gasteiger partial charge >= 0.3 is 0 Å². The Balaban J connectivity index is 0.00000225. The minimum Gasteiger partial charge on any atom is -0.303 e. The van der Waals surface area contributed by atoms with Crippen LogP contribution in [0.4, 0.5) is 4.39 Å². The standard InChI is InChI=1S/C22H23FN2OS.ClH/c23-19-8-5-17(6-9-19)11-14-25-15-12-20(13-16-25)27(26)22-10-7-18-3-1-2-4-21(18)24-22;/h1-10,20H,11-16H2;1H. The predicted molar refractivity (Wildman–Crippen MR) is 115 cm³/mol. The Bertz CT molecular complexity index is 943. The summed E-state index contributed by atoms with van der Waals surface area (Å²) in [6, 6.07) is 18.6. The summed E-state index contributed by atoms with van der Waals surface area (Å²) < 4.78 is 25.9. The van der Waals surface area contributed by atoms with Crippen LogP contribution in [0.3, 0.4) is 0 Å². The lowest BCUT2D eigenvalue weighted by Gasteiger charge is -2.31. The van der Waals surface area contributed by atoms with Gasteiger partial charge in [0.25, 0.3) is 0 Å². The zero-order valence-electron chi connectivity index (χ0n) is 15.6. The van der Waals surface area contributed by atoms with E-state index in [2.05, 4.69) is 9.88 Å². The van der Waals surface area contributed by atoms with Crippen LogP contribution in [0.15, 0.2) is 65.7 Å². The molecule has 1 unspecified atom stereocenters. The molecule has 28 heavy (non-hydrogen) atoms. The van der Waals surface area contributed by atoms with Crippen molar-refractivity contribution in [3.8, 4) is 0 Å². The van der Waals surface area contributed by atoms with Crippen molar-refractivity contribution in [2.45, 2.75) is 29.5 Å². The first-order valence-electron chi connectivity index (χ1n) is 9.42. The minimum absolute atomic E-state index is 0. The average molecular weight is 419 g/mol. The van der Waals surface area contributed by atoms with Crippen LogP contribution in [0.5, 0.6) is 0 Å². The number of halogens is 2. The third-order valence-electron chi connectivity index (χ3n) is 5.25. The normalized spacial score (nSPS) is 16.6. The third kappa shape index (κ3) is 4.96. The Morgan fingerprint density at radius 2 is 1.71 bits per heavy atom. The van der Waals surface area contributed by atoms with Gasteiger partial charge in [0.2, 0.25) is 0 Å². The number of fused-ring (bicyclic) bond motifs is 1. The van der Waals surface area contributed by atoms with Gasteiger partial charge in [-0.15, -0.1) is 12.4 Å². The van der Waals surface area contributed by atoms with Crippen molar-refractivity contribution in [2.75, 3.05) is 19.6 Å². The van der Waals surface area contributed by atoms with E-state index < -0.39 is 10.8 Å². The maximum atomic E-state index is 13.0. The number of para-hydroxylation sites is 1. The second kappa shape index (κ2) is 9.59. The Morgan fingerprint density at radius 3 is 2.46 bits per heavy atom. The lowest BCUT2D eigenvalue weighted by Crippen LogP contribution is -2.38. The Kier molecular flexibility index (Phi) is 7.16. The van der Waals surface area contributed by atoms with E-state index in [9.17, 15) is 8.60 Å². The van der Waals surface area contributed by atoms with Crippen LogP contribution in [0.1, 0.15) is 18.4 Å². The molecule has 1 fully saturated rings. The van der Waals surface area contributed by atoms with Crippen molar-refractivity contribution in [2.24, 2.45) is 0 Å². The molecular formula is C22H24ClFN2OS. The molecule has 2 aromatic carbocycles. The van der Waals surface area contributed by atoms with Gasteiger partial charge in [-0.3, -0.25) is 4.21 Å². The maximum Gasteiger partial charge on any atom is 0.128 e. The lowest BCUT2D eigenvalue weighted by atomic mass is 10.1. The SMILES string of the molecule is Cl.O=S(c1ccc2ccccc2n1)C1CCN(CCc2ccc(F)cc2)CC1. The fourth-order valence-electron chi connectivity index (χ4n) is 3.62. The first-order valence-corrected chi connectivity index (χ1v) is 10.6. The van der Waals surface area contributed by atoms with E-state index in [1.165, 1.54) is 12.1 Å². The van der Waals surface area contributed by atoms with Gasteiger partial charge in [0, 0.05) is 17.2 Å². The fraction of sp³-hybridized carbons (Fsp3) is 0.318. The minimum atomic E-state index is -1.06.